The Labute approximate surface area is 260 Å². The molecular weight excluding hydrogens is 630 g/mol. The number of esters is 1. The van der Waals surface area contributed by atoms with Crippen molar-refractivity contribution in [2.45, 2.75) is 39.5 Å². The van der Waals surface area contributed by atoms with Crippen molar-refractivity contribution >= 4 is 39.3 Å². The van der Waals surface area contributed by atoms with Crippen molar-refractivity contribution < 1.29 is 19.0 Å². The quantitative estimate of drug-likeness (QED) is 0.235. The van der Waals surface area contributed by atoms with E-state index < -0.39 is 12.0 Å². The molecule has 218 valence electrons. The van der Waals surface area contributed by atoms with Gasteiger partial charge in [0.2, 0.25) is 0 Å². The normalized spacial score (nSPS) is 14.6. The lowest BCUT2D eigenvalue weighted by Gasteiger charge is -2.26. The Hall–Kier alpha value is -4.46. The molecule has 4 aromatic rings. The van der Waals surface area contributed by atoms with Gasteiger partial charge in [-0.05, 0) is 80.4 Å². The van der Waals surface area contributed by atoms with Gasteiger partial charge in [0, 0.05) is 10.0 Å². The van der Waals surface area contributed by atoms with Crippen LogP contribution in [0.5, 0.6) is 11.5 Å². The van der Waals surface area contributed by atoms with Crippen molar-refractivity contribution in [1.29, 1.82) is 5.26 Å². The summed E-state index contributed by atoms with van der Waals surface area (Å²) in [4.78, 5) is 32.5. The Balaban J connectivity index is 1.51. The Morgan fingerprint density at radius 2 is 1.86 bits per heavy atom. The molecule has 43 heavy (non-hydrogen) atoms. The fraction of sp³-hybridized carbons (Fsp3) is 0.212. The SMILES string of the molecule is COc1ccc(Br)cc1[C@H]1C(C(=O)OC(C)C)=C(C)N=c2s/c(=C\c3ccc(OCc4ccc(C#N)cc4)cc3)c(=O)n21. The molecule has 0 fully saturated rings. The monoisotopic (exact) mass is 657 g/mol. The van der Waals surface area contributed by atoms with Crippen molar-refractivity contribution in [2.24, 2.45) is 4.99 Å². The third-order valence-electron chi connectivity index (χ3n) is 6.74. The largest absolute Gasteiger partial charge is 0.496 e. The van der Waals surface area contributed by atoms with Gasteiger partial charge in [0.05, 0.1) is 40.6 Å². The minimum atomic E-state index is -0.796. The second-order valence-electron chi connectivity index (χ2n) is 10.1. The summed E-state index contributed by atoms with van der Waals surface area (Å²) in [5.41, 5.74) is 3.48. The lowest BCUT2D eigenvalue weighted by molar-refractivity contribution is -0.143. The van der Waals surface area contributed by atoms with Gasteiger partial charge in [0.1, 0.15) is 24.1 Å². The van der Waals surface area contributed by atoms with Crippen LogP contribution in [0.25, 0.3) is 6.08 Å². The number of carbonyl (C=O) groups is 1. The van der Waals surface area contributed by atoms with E-state index in [1.165, 1.54) is 11.3 Å². The molecule has 0 bridgehead atoms. The predicted molar refractivity (Wildman–Crippen MR) is 168 cm³/mol. The molecule has 0 spiro atoms. The number of allylic oxidation sites excluding steroid dienone is 1. The fourth-order valence-corrected chi connectivity index (χ4v) is 6.15. The predicted octanol–water partition coefficient (Wildman–Crippen LogP) is 5.41. The van der Waals surface area contributed by atoms with Crippen molar-refractivity contribution in [3.63, 3.8) is 0 Å². The molecule has 2 heterocycles. The number of methoxy groups -OCH3 is 1. The van der Waals surface area contributed by atoms with Gasteiger partial charge in [-0.3, -0.25) is 9.36 Å². The number of thiazole rings is 1. The van der Waals surface area contributed by atoms with Crippen molar-refractivity contribution in [1.82, 2.24) is 4.57 Å². The highest BCUT2D eigenvalue weighted by molar-refractivity contribution is 9.10. The average molecular weight is 659 g/mol. The number of carbonyl (C=O) groups excluding carboxylic acids is 1. The molecule has 0 unspecified atom stereocenters. The van der Waals surface area contributed by atoms with Crippen LogP contribution in [0.3, 0.4) is 0 Å². The van der Waals surface area contributed by atoms with E-state index in [-0.39, 0.29) is 17.2 Å². The minimum absolute atomic E-state index is 0.278. The third-order valence-corrected chi connectivity index (χ3v) is 8.21. The van der Waals surface area contributed by atoms with E-state index >= 15 is 0 Å². The van der Waals surface area contributed by atoms with Crippen LogP contribution in [0.15, 0.2) is 92.3 Å². The van der Waals surface area contributed by atoms with Crippen molar-refractivity contribution in [3.05, 3.63) is 124 Å². The summed E-state index contributed by atoms with van der Waals surface area (Å²) >= 11 is 4.78. The summed E-state index contributed by atoms with van der Waals surface area (Å²) in [6, 6.07) is 21.4. The Morgan fingerprint density at radius 1 is 1.14 bits per heavy atom. The molecule has 0 N–H and O–H groups in total. The van der Waals surface area contributed by atoms with Crippen LogP contribution >= 0.6 is 27.3 Å². The molecule has 10 heteroatoms. The fourth-order valence-electron chi connectivity index (χ4n) is 4.73. The molecule has 1 aliphatic heterocycles. The van der Waals surface area contributed by atoms with Gasteiger partial charge < -0.3 is 14.2 Å². The number of halogens is 1. The molecule has 1 aliphatic rings. The first-order chi connectivity index (χ1) is 20.7. The summed E-state index contributed by atoms with van der Waals surface area (Å²) in [5, 5.41) is 8.97. The number of nitrogens with zero attached hydrogens (tertiary/aromatic N) is 3. The standard InChI is InChI=1S/C33H28BrN3O5S/c1-19(2)42-32(39)29-20(3)36-33-37(30(29)26-16-24(34)11-14-27(26)40-4)31(38)28(43-33)15-21-9-12-25(13-10-21)41-18-23-7-5-22(17-35)6-8-23/h5-16,19,30H,18H2,1-4H3/b28-15-/t30-/m0/s1. The summed E-state index contributed by atoms with van der Waals surface area (Å²) in [5.74, 6) is 0.673. The summed E-state index contributed by atoms with van der Waals surface area (Å²) < 4.78 is 19.9. The number of aromatic nitrogens is 1. The van der Waals surface area contributed by atoms with Crippen LogP contribution in [0, 0.1) is 11.3 Å². The first-order valence-corrected chi connectivity index (χ1v) is 15.1. The molecule has 0 radical (unpaired) electrons. The molecule has 0 aliphatic carbocycles. The van der Waals surface area contributed by atoms with Gasteiger partial charge >= 0.3 is 5.97 Å². The van der Waals surface area contributed by atoms with Gasteiger partial charge in [-0.15, -0.1) is 0 Å². The number of rotatable bonds is 8. The van der Waals surface area contributed by atoms with Gasteiger partial charge in [0.15, 0.2) is 4.80 Å². The first-order valence-electron chi connectivity index (χ1n) is 13.5. The van der Waals surface area contributed by atoms with E-state index in [0.717, 1.165) is 15.6 Å². The first kappa shape index (κ1) is 30.0. The lowest BCUT2D eigenvalue weighted by Crippen LogP contribution is -2.40. The Kier molecular flexibility index (Phi) is 8.94. The van der Waals surface area contributed by atoms with Crippen LogP contribution in [0.1, 0.15) is 49.1 Å². The van der Waals surface area contributed by atoms with Crippen LogP contribution in [-0.4, -0.2) is 23.8 Å². The topological polar surface area (TPSA) is 103 Å². The third kappa shape index (κ3) is 6.48. The molecule has 0 amide bonds. The van der Waals surface area contributed by atoms with Gasteiger partial charge in [-0.25, -0.2) is 9.79 Å². The number of benzene rings is 3. The Bertz CT molecular complexity index is 1930. The summed E-state index contributed by atoms with van der Waals surface area (Å²) in [7, 11) is 1.55. The van der Waals surface area contributed by atoms with Crippen molar-refractivity contribution in [3.8, 4) is 17.6 Å². The van der Waals surface area contributed by atoms with E-state index in [9.17, 15) is 9.59 Å². The molecule has 1 aromatic heterocycles. The molecule has 5 rings (SSSR count). The highest BCUT2D eigenvalue weighted by Gasteiger charge is 2.35. The zero-order valence-electron chi connectivity index (χ0n) is 24.0. The van der Waals surface area contributed by atoms with Gasteiger partial charge in [0.25, 0.3) is 5.56 Å². The van der Waals surface area contributed by atoms with Crippen LogP contribution in [0.4, 0.5) is 0 Å². The van der Waals surface area contributed by atoms with E-state index in [2.05, 4.69) is 27.0 Å². The van der Waals surface area contributed by atoms with Gasteiger partial charge in [-0.2, -0.15) is 5.26 Å². The maximum atomic E-state index is 14.0. The maximum absolute atomic E-state index is 14.0. The Morgan fingerprint density at radius 3 is 2.51 bits per heavy atom. The smallest absolute Gasteiger partial charge is 0.338 e. The highest BCUT2D eigenvalue weighted by Crippen LogP contribution is 2.37. The number of ether oxygens (including phenoxy) is 3. The van der Waals surface area contributed by atoms with E-state index in [1.54, 1.807) is 56.7 Å². The maximum Gasteiger partial charge on any atom is 0.338 e. The zero-order chi connectivity index (χ0) is 30.7. The zero-order valence-corrected chi connectivity index (χ0v) is 26.4. The second-order valence-corrected chi connectivity index (χ2v) is 12.0. The van der Waals surface area contributed by atoms with E-state index in [1.807, 2.05) is 48.5 Å². The highest BCUT2D eigenvalue weighted by atomic mass is 79.9. The molecule has 0 saturated heterocycles. The van der Waals surface area contributed by atoms with Crippen LogP contribution in [0.2, 0.25) is 0 Å². The molecule has 3 aromatic carbocycles. The number of nitriles is 1. The van der Waals surface area contributed by atoms with E-state index in [4.69, 9.17) is 19.5 Å². The van der Waals surface area contributed by atoms with Crippen molar-refractivity contribution in [2.75, 3.05) is 7.11 Å². The molecule has 0 saturated carbocycles. The second kappa shape index (κ2) is 12.8. The van der Waals surface area contributed by atoms with Crippen LogP contribution < -0.4 is 24.4 Å². The van der Waals surface area contributed by atoms with E-state index in [0.29, 0.717) is 44.3 Å². The number of hydrogen-bond donors (Lipinski definition) is 0. The average Bonchev–Trinajstić information content (AvgIpc) is 3.29. The molecule has 1 atom stereocenters. The molecule has 8 nitrogen and oxygen atoms in total. The summed E-state index contributed by atoms with van der Waals surface area (Å²) in [6.45, 7) is 5.67. The molecular formula is C33H28BrN3O5S. The lowest BCUT2D eigenvalue weighted by atomic mass is 9.95. The number of fused-ring (bicyclic) bond motifs is 1. The minimum Gasteiger partial charge on any atom is -0.496 e. The summed E-state index contributed by atoms with van der Waals surface area (Å²) in [6.07, 6.45) is 1.45. The van der Waals surface area contributed by atoms with Crippen LogP contribution in [-0.2, 0) is 16.1 Å². The van der Waals surface area contributed by atoms with Gasteiger partial charge in [-0.1, -0.05) is 51.5 Å². The number of hydrogen-bond acceptors (Lipinski definition) is 8.